The van der Waals surface area contributed by atoms with Crippen LogP contribution in [0.5, 0.6) is 23.0 Å². The number of phenols is 4. The number of benzene rings is 2. The minimum Gasteiger partial charge on any atom is -0.504 e. The Balaban J connectivity index is 1.99. The number of nitrogens with one attached hydrogen (secondary N) is 2. The van der Waals surface area contributed by atoms with Crippen molar-refractivity contribution in [3.05, 3.63) is 47.5 Å². The van der Waals surface area contributed by atoms with Gasteiger partial charge in [0.15, 0.2) is 23.0 Å². The molecule has 0 saturated carbocycles. The van der Waals surface area contributed by atoms with Crippen LogP contribution in [0.1, 0.15) is 27.1 Å². The van der Waals surface area contributed by atoms with Gasteiger partial charge < -0.3 is 36.8 Å². The monoisotopic (exact) mass is 389 g/mol. The number of phenolic OH excluding ortho intramolecular Hbond substituents is 4. The summed E-state index contributed by atoms with van der Waals surface area (Å²) in [6, 6.07) is 6.47. The highest BCUT2D eigenvalue weighted by atomic mass is 16.3. The molecule has 2 aromatic carbocycles. The molecule has 0 unspecified atom stereocenters. The third-order valence-corrected chi connectivity index (χ3v) is 3.89. The number of rotatable bonds is 7. The first-order valence-corrected chi connectivity index (χ1v) is 8.12. The van der Waals surface area contributed by atoms with Gasteiger partial charge in [-0.2, -0.15) is 0 Å². The van der Waals surface area contributed by atoms with Gasteiger partial charge in [-0.3, -0.25) is 14.4 Å². The highest BCUT2D eigenvalue weighted by Gasteiger charge is 2.22. The molecule has 3 amide bonds. The fraction of sp³-hybridized carbons (Fsp3) is 0.167. The number of primary amides is 1. The van der Waals surface area contributed by atoms with E-state index in [4.69, 9.17) is 5.73 Å². The van der Waals surface area contributed by atoms with E-state index in [2.05, 4.69) is 10.6 Å². The summed E-state index contributed by atoms with van der Waals surface area (Å²) in [5.74, 6) is -4.59. The maximum atomic E-state index is 12.2. The maximum absolute atomic E-state index is 12.2. The average Bonchev–Trinajstić information content (AvgIpc) is 2.64. The lowest BCUT2D eigenvalue weighted by Gasteiger charge is -2.16. The van der Waals surface area contributed by atoms with Crippen molar-refractivity contribution >= 4 is 17.7 Å². The van der Waals surface area contributed by atoms with Crippen LogP contribution in [0.3, 0.4) is 0 Å². The Hall–Kier alpha value is -3.95. The van der Waals surface area contributed by atoms with Gasteiger partial charge in [0.1, 0.15) is 6.04 Å². The maximum Gasteiger partial charge on any atom is 0.255 e. The molecular weight excluding hydrogens is 370 g/mol. The molecule has 0 aliphatic rings. The summed E-state index contributed by atoms with van der Waals surface area (Å²) in [4.78, 5) is 35.8. The molecule has 10 heteroatoms. The number of hydrogen-bond donors (Lipinski definition) is 7. The summed E-state index contributed by atoms with van der Waals surface area (Å²) in [5, 5.41) is 43.0. The molecule has 0 aliphatic carbocycles. The van der Waals surface area contributed by atoms with Crippen molar-refractivity contribution in [3.8, 4) is 23.0 Å². The summed E-state index contributed by atoms with van der Waals surface area (Å²) in [5.41, 5.74) is 4.84. The van der Waals surface area contributed by atoms with Gasteiger partial charge >= 0.3 is 0 Å². The van der Waals surface area contributed by atoms with Crippen LogP contribution in [0.2, 0.25) is 0 Å². The summed E-state index contributed by atoms with van der Waals surface area (Å²) < 4.78 is 0. The molecule has 0 spiro atoms. The van der Waals surface area contributed by atoms with Crippen LogP contribution in [0.4, 0.5) is 0 Å². The minimum atomic E-state index is -1.17. The van der Waals surface area contributed by atoms with E-state index in [0.29, 0.717) is 0 Å². The van der Waals surface area contributed by atoms with E-state index >= 15 is 0 Å². The first kappa shape index (κ1) is 20.4. The lowest BCUT2D eigenvalue weighted by molar-refractivity contribution is -0.120. The van der Waals surface area contributed by atoms with Crippen molar-refractivity contribution in [2.45, 2.75) is 12.5 Å². The van der Waals surface area contributed by atoms with Crippen LogP contribution in [0.25, 0.3) is 0 Å². The second-order valence-electron chi connectivity index (χ2n) is 5.82. The van der Waals surface area contributed by atoms with Gasteiger partial charge in [-0.05, 0) is 30.7 Å². The van der Waals surface area contributed by atoms with Gasteiger partial charge in [-0.25, -0.2) is 0 Å². The second kappa shape index (κ2) is 8.62. The van der Waals surface area contributed by atoms with Gasteiger partial charge in [0.2, 0.25) is 5.91 Å². The van der Waals surface area contributed by atoms with Crippen molar-refractivity contribution < 1.29 is 34.8 Å². The number of nitrogens with two attached hydrogens (primary N) is 1. The summed E-state index contributed by atoms with van der Waals surface area (Å²) >= 11 is 0. The third kappa shape index (κ3) is 4.61. The van der Waals surface area contributed by atoms with Gasteiger partial charge in [-0.15, -0.1) is 0 Å². The highest BCUT2D eigenvalue weighted by Crippen LogP contribution is 2.28. The van der Waals surface area contributed by atoms with Gasteiger partial charge in [0.05, 0.1) is 11.1 Å². The van der Waals surface area contributed by atoms with Crippen LogP contribution in [-0.4, -0.2) is 50.7 Å². The Morgan fingerprint density at radius 1 is 0.857 bits per heavy atom. The van der Waals surface area contributed by atoms with Crippen LogP contribution >= 0.6 is 0 Å². The number of carbonyl (C=O) groups is 3. The van der Waals surface area contributed by atoms with E-state index in [1.54, 1.807) is 0 Å². The predicted octanol–water partition coefficient (Wildman–Crippen LogP) is -0.0872. The topological polar surface area (TPSA) is 182 Å². The molecular formula is C18H19N3O7. The zero-order valence-corrected chi connectivity index (χ0v) is 14.5. The number of para-hydroxylation sites is 2. The van der Waals surface area contributed by atoms with Crippen molar-refractivity contribution in [3.63, 3.8) is 0 Å². The molecule has 2 aromatic rings. The molecule has 0 bridgehead atoms. The summed E-state index contributed by atoms with van der Waals surface area (Å²) in [7, 11) is 0. The van der Waals surface area contributed by atoms with Crippen LogP contribution in [0, 0.1) is 0 Å². The summed E-state index contributed by atoms with van der Waals surface area (Å²) in [6.07, 6.45) is -0.0774. The molecule has 1 atom stereocenters. The number of aromatic hydroxyl groups is 4. The molecule has 28 heavy (non-hydrogen) atoms. The van der Waals surface area contributed by atoms with Gasteiger partial charge in [0, 0.05) is 6.54 Å². The van der Waals surface area contributed by atoms with Crippen molar-refractivity contribution in [2.24, 2.45) is 5.73 Å². The lowest BCUT2D eigenvalue weighted by atomic mass is 10.1. The normalized spacial score (nSPS) is 11.4. The number of hydrogen-bond acceptors (Lipinski definition) is 7. The zero-order chi connectivity index (χ0) is 20.8. The van der Waals surface area contributed by atoms with E-state index in [1.165, 1.54) is 36.4 Å². The van der Waals surface area contributed by atoms with E-state index < -0.39 is 46.8 Å². The Kier molecular flexibility index (Phi) is 6.27. The Bertz CT molecular complexity index is 914. The number of carbonyl (C=O) groups excluding carboxylic acids is 3. The second-order valence-corrected chi connectivity index (χ2v) is 5.82. The first-order valence-electron chi connectivity index (χ1n) is 8.12. The highest BCUT2D eigenvalue weighted by molar-refractivity contribution is 6.00. The largest absolute Gasteiger partial charge is 0.504 e. The number of amides is 3. The quantitative estimate of drug-likeness (QED) is 0.323. The van der Waals surface area contributed by atoms with E-state index in [-0.39, 0.29) is 24.1 Å². The fourth-order valence-electron chi connectivity index (χ4n) is 2.38. The molecule has 0 saturated heterocycles. The van der Waals surface area contributed by atoms with Gasteiger partial charge in [-0.1, -0.05) is 12.1 Å². The fourth-order valence-corrected chi connectivity index (χ4v) is 2.38. The van der Waals surface area contributed by atoms with Crippen molar-refractivity contribution in [1.29, 1.82) is 0 Å². The van der Waals surface area contributed by atoms with Crippen molar-refractivity contribution in [1.82, 2.24) is 10.6 Å². The average molecular weight is 389 g/mol. The molecule has 0 fully saturated rings. The molecule has 0 aromatic heterocycles. The predicted molar refractivity (Wildman–Crippen MR) is 96.9 cm³/mol. The molecule has 10 nitrogen and oxygen atoms in total. The van der Waals surface area contributed by atoms with Crippen molar-refractivity contribution in [2.75, 3.05) is 6.54 Å². The molecule has 0 radical (unpaired) electrons. The third-order valence-electron chi connectivity index (χ3n) is 3.89. The van der Waals surface area contributed by atoms with Crippen LogP contribution < -0.4 is 16.4 Å². The standard InChI is InChI=1S/C18H19N3O7/c19-16(26)11(21-18(28)10-4-2-6-13(23)15(10)25)7-8-20-17(27)9-3-1-5-12(22)14(9)24/h1-6,11,22-25H,7-8H2,(H2,19,26)(H,20,27)(H,21,28)/t11-/m1/s1. The van der Waals surface area contributed by atoms with E-state index in [0.717, 1.165) is 0 Å². The van der Waals surface area contributed by atoms with Crippen LogP contribution in [-0.2, 0) is 4.79 Å². The zero-order valence-electron chi connectivity index (χ0n) is 14.5. The molecule has 2 rings (SSSR count). The molecule has 8 N–H and O–H groups in total. The smallest absolute Gasteiger partial charge is 0.255 e. The molecule has 148 valence electrons. The van der Waals surface area contributed by atoms with Gasteiger partial charge in [0.25, 0.3) is 11.8 Å². The Labute approximate surface area is 159 Å². The SMILES string of the molecule is NC(=O)[C@@H](CCNC(=O)c1cccc(O)c1O)NC(=O)c1cccc(O)c1O. The molecule has 0 heterocycles. The lowest BCUT2D eigenvalue weighted by Crippen LogP contribution is -2.46. The van der Waals surface area contributed by atoms with E-state index in [9.17, 15) is 34.8 Å². The summed E-state index contributed by atoms with van der Waals surface area (Å²) in [6.45, 7) is -0.0894. The first-order chi connectivity index (χ1) is 13.2. The minimum absolute atomic E-state index is 0.0774. The molecule has 0 aliphatic heterocycles. The Morgan fingerprint density at radius 2 is 1.36 bits per heavy atom. The van der Waals surface area contributed by atoms with Crippen LogP contribution in [0.15, 0.2) is 36.4 Å². The van der Waals surface area contributed by atoms with E-state index in [1.807, 2.05) is 0 Å². The Morgan fingerprint density at radius 3 is 1.86 bits per heavy atom.